The van der Waals surface area contributed by atoms with Crippen molar-refractivity contribution in [3.8, 4) is 0 Å². The number of likely N-dealkylation sites (N-methyl/N-ethyl adjacent to an activating group) is 1. The number of H-pyrrole nitrogens is 1. The number of aromatic amines is 1. The molecule has 3 aliphatic rings. The van der Waals surface area contributed by atoms with Crippen LogP contribution in [0.25, 0.3) is 16.5 Å². The molecule has 5 rings (SSSR count). The Hall–Kier alpha value is -2.60. The van der Waals surface area contributed by atoms with E-state index in [9.17, 15) is 9.59 Å². The van der Waals surface area contributed by atoms with Crippen LogP contribution in [0.2, 0.25) is 0 Å². The molecular formula is C22H26N4O2. The summed E-state index contributed by atoms with van der Waals surface area (Å²) in [5.74, 6) is 0.149. The lowest BCUT2D eigenvalue weighted by molar-refractivity contribution is -0.140. The fourth-order valence-corrected chi connectivity index (χ4v) is 5.08. The van der Waals surface area contributed by atoms with Crippen LogP contribution in [0.5, 0.6) is 0 Å². The molecule has 3 heterocycles. The molecule has 1 aromatic heterocycles. The van der Waals surface area contributed by atoms with Crippen molar-refractivity contribution in [2.45, 2.75) is 19.4 Å². The second-order valence-corrected chi connectivity index (χ2v) is 8.26. The number of nitrogens with zero attached hydrogens (tertiary/aromatic N) is 3. The highest BCUT2D eigenvalue weighted by molar-refractivity contribution is 5.99. The number of hydrogen-bond donors (Lipinski definition) is 1. The van der Waals surface area contributed by atoms with Gasteiger partial charge in [-0.3, -0.25) is 14.5 Å². The molecule has 6 heteroatoms. The maximum atomic E-state index is 13.2. The molecule has 146 valence electrons. The number of aromatic nitrogens is 1. The topological polar surface area (TPSA) is 59.7 Å². The SMILES string of the molecule is CC(=O)N1CCN(C(=O)C2C=C3c4cccc5[nH]cc(c45)CC3N(C)C2)CC1. The number of fused-ring (bicyclic) bond motifs is 2. The Kier molecular flexibility index (Phi) is 4.05. The highest BCUT2D eigenvalue weighted by Gasteiger charge is 2.37. The zero-order valence-electron chi connectivity index (χ0n) is 16.4. The van der Waals surface area contributed by atoms with E-state index in [2.05, 4.69) is 47.4 Å². The molecule has 0 radical (unpaired) electrons. The minimum absolute atomic E-state index is 0.0899. The summed E-state index contributed by atoms with van der Waals surface area (Å²) in [4.78, 5) is 34.3. The van der Waals surface area contributed by atoms with Gasteiger partial charge in [0.2, 0.25) is 11.8 Å². The van der Waals surface area contributed by atoms with Crippen LogP contribution < -0.4 is 0 Å². The van der Waals surface area contributed by atoms with Crippen LogP contribution in [0.15, 0.2) is 30.5 Å². The van der Waals surface area contributed by atoms with E-state index < -0.39 is 0 Å². The molecule has 0 spiro atoms. The Morgan fingerprint density at radius 2 is 1.86 bits per heavy atom. The molecule has 28 heavy (non-hydrogen) atoms. The lowest BCUT2D eigenvalue weighted by atomic mass is 9.79. The molecule has 0 bridgehead atoms. The van der Waals surface area contributed by atoms with E-state index in [4.69, 9.17) is 0 Å². The molecule has 2 unspecified atom stereocenters. The van der Waals surface area contributed by atoms with E-state index >= 15 is 0 Å². The highest BCUT2D eigenvalue weighted by Crippen LogP contribution is 2.40. The van der Waals surface area contributed by atoms with Crippen LogP contribution in [-0.4, -0.2) is 77.3 Å². The molecule has 1 saturated heterocycles. The van der Waals surface area contributed by atoms with Crippen molar-refractivity contribution in [3.05, 3.63) is 41.6 Å². The Morgan fingerprint density at radius 3 is 2.61 bits per heavy atom. The van der Waals surface area contributed by atoms with Gasteiger partial charge in [0, 0.05) is 62.8 Å². The van der Waals surface area contributed by atoms with E-state index in [1.807, 2.05) is 9.80 Å². The van der Waals surface area contributed by atoms with Gasteiger partial charge in [0.05, 0.1) is 5.92 Å². The van der Waals surface area contributed by atoms with Crippen molar-refractivity contribution in [3.63, 3.8) is 0 Å². The Labute approximate surface area is 164 Å². The first-order valence-corrected chi connectivity index (χ1v) is 10.1. The van der Waals surface area contributed by atoms with Gasteiger partial charge in [-0.25, -0.2) is 0 Å². The van der Waals surface area contributed by atoms with Crippen LogP contribution in [0.4, 0.5) is 0 Å². The summed E-state index contributed by atoms with van der Waals surface area (Å²) in [6.45, 7) is 4.86. The molecule has 1 N–H and O–H groups in total. The van der Waals surface area contributed by atoms with Gasteiger partial charge in [0.1, 0.15) is 0 Å². The number of carbonyl (C=O) groups excluding carboxylic acids is 2. The summed E-state index contributed by atoms with van der Waals surface area (Å²) in [5.41, 5.74) is 5.08. The second-order valence-electron chi connectivity index (χ2n) is 8.26. The maximum absolute atomic E-state index is 13.2. The largest absolute Gasteiger partial charge is 0.361 e. The molecule has 2 aliphatic heterocycles. The van der Waals surface area contributed by atoms with E-state index in [0.29, 0.717) is 32.2 Å². The third-order valence-corrected chi connectivity index (χ3v) is 6.62. The first-order valence-electron chi connectivity index (χ1n) is 10.1. The summed E-state index contributed by atoms with van der Waals surface area (Å²) in [6, 6.07) is 6.72. The molecule has 2 atom stereocenters. The van der Waals surface area contributed by atoms with Gasteiger partial charge in [-0.05, 0) is 36.2 Å². The summed E-state index contributed by atoms with van der Waals surface area (Å²) < 4.78 is 0. The van der Waals surface area contributed by atoms with E-state index in [0.717, 1.165) is 13.0 Å². The van der Waals surface area contributed by atoms with Gasteiger partial charge in [0.15, 0.2) is 0 Å². The van der Waals surface area contributed by atoms with Gasteiger partial charge in [-0.15, -0.1) is 0 Å². The second kappa shape index (κ2) is 6.48. The van der Waals surface area contributed by atoms with E-state index in [-0.39, 0.29) is 17.7 Å². The number of hydrogen-bond acceptors (Lipinski definition) is 3. The van der Waals surface area contributed by atoms with E-state index in [1.54, 1.807) is 6.92 Å². The fraction of sp³-hybridized carbons (Fsp3) is 0.455. The number of amides is 2. The van der Waals surface area contributed by atoms with Gasteiger partial charge in [-0.2, -0.15) is 0 Å². The number of nitrogens with one attached hydrogen (secondary N) is 1. The third-order valence-electron chi connectivity index (χ3n) is 6.62. The molecular weight excluding hydrogens is 352 g/mol. The third kappa shape index (κ3) is 2.66. The monoisotopic (exact) mass is 378 g/mol. The van der Waals surface area contributed by atoms with Crippen molar-refractivity contribution in [2.24, 2.45) is 5.92 Å². The minimum atomic E-state index is -0.129. The van der Waals surface area contributed by atoms with Crippen molar-refractivity contribution in [2.75, 3.05) is 39.8 Å². The number of rotatable bonds is 1. The molecule has 1 aliphatic carbocycles. The normalized spacial score (nSPS) is 24.9. The lowest BCUT2D eigenvalue weighted by Gasteiger charge is -2.41. The average molecular weight is 378 g/mol. The Bertz CT molecular complexity index is 984. The first kappa shape index (κ1) is 17.5. The Morgan fingerprint density at radius 1 is 1.11 bits per heavy atom. The van der Waals surface area contributed by atoms with Crippen LogP contribution in [0, 0.1) is 5.92 Å². The van der Waals surface area contributed by atoms with Gasteiger partial charge in [0.25, 0.3) is 0 Å². The van der Waals surface area contributed by atoms with Gasteiger partial charge < -0.3 is 14.8 Å². The number of benzene rings is 1. The van der Waals surface area contributed by atoms with Crippen molar-refractivity contribution in [1.29, 1.82) is 0 Å². The maximum Gasteiger partial charge on any atom is 0.230 e. The Balaban J connectivity index is 1.44. The van der Waals surface area contributed by atoms with Gasteiger partial charge >= 0.3 is 0 Å². The summed E-state index contributed by atoms with van der Waals surface area (Å²) in [5, 5.41) is 1.31. The minimum Gasteiger partial charge on any atom is -0.361 e. The van der Waals surface area contributed by atoms with Crippen LogP contribution in [0.3, 0.4) is 0 Å². The smallest absolute Gasteiger partial charge is 0.230 e. The number of carbonyl (C=O) groups is 2. The predicted octanol–water partition coefficient (Wildman–Crippen LogP) is 1.73. The molecule has 6 nitrogen and oxygen atoms in total. The first-order chi connectivity index (χ1) is 13.5. The highest BCUT2D eigenvalue weighted by atomic mass is 16.2. The quantitative estimate of drug-likeness (QED) is 0.822. The molecule has 2 aromatic rings. The van der Waals surface area contributed by atoms with Crippen molar-refractivity contribution < 1.29 is 9.59 Å². The molecule has 1 aromatic carbocycles. The molecule has 2 amide bonds. The fourth-order valence-electron chi connectivity index (χ4n) is 5.08. The lowest BCUT2D eigenvalue weighted by Crippen LogP contribution is -2.53. The van der Waals surface area contributed by atoms with Crippen LogP contribution in [-0.2, 0) is 16.0 Å². The average Bonchev–Trinajstić information content (AvgIpc) is 3.12. The summed E-state index contributed by atoms with van der Waals surface area (Å²) >= 11 is 0. The standard InChI is InChI=1S/C22H26N4O2/c1-14(27)25-6-8-26(9-7-25)22(28)16-10-18-17-4-3-5-19-21(17)15(12-23-19)11-20(18)24(2)13-16/h3-5,10,12,16,20,23H,6-9,11,13H2,1-2H3. The zero-order valence-corrected chi connectivity index (χ0v) is 16.4. The molecule has 1 fully saturated rings. The van der Waals surface area contributed by atoms with Gasteiger partial charge in [-0.1, -0.05) is 18.2 Å². The van der Waals surface area contributed by atoms with Crippen LogP contribution >= 0.6 is 0 Å². The van der Waals surface area contributed by atoms with E-state index in [1.165, 1.54) is 27.6 Å². The van der Waals surface area contributed by atoms with Crippen LogP contribution in [0.1, 0.15) is 18.1 Å². The predicted molar refractivity (Wildman–Crippen MR) is 109 cm³/mol. The molecule has 0 saturated carbocycles. The zero-order chi connectivity index (χ0) is 19.4. The van der Waals surface area contributed by atoms with Crippen molar-refractivity contribution >= 4 is 28.3 Å². The summed E-state index contributed by atoms with van der Waals surface area (Å²) in [7, 11) is 2.13. The summed E-state index contributed by atoms with van der Waals surface area (Å²) in [6.07, 6.45) is 5.33. The number of piperazine rings is 1. The van der Waals surface area contributed by atoms with Crippen molar-refractivity contribution in [1.82, 2.24) is 19.7 Å².